The summed E-state index contributed by atoms with van der Waals surface area (Å²) in [5.74, 6) is -2.50. The van der Waals surface area contributed by atoms with Crippen LogP contribution in [0.5, 0.6) is 0 Å². The number of aliphatic carboxylic acids is 2. The van der Waals surface area contributed by atoms with Gasteiger partial charge < -0.3 is 21.3 Å². The van der Waals surface area contributed by atoms with Gasteiger partial charge in [0, 0.05) is 5.56 Å². The largest absolute Gasteiger partial charge is 0.481 e. The number of ketones is 1. The van der Waals surface area contributed by atoms with E-state index in [1.54, 1.807) is 24.3 Å². The van der Waals surface area contributed by atoms with Gasteiger partial charge in [-0.3, -0.25) is 14.4 Å². The number of nitrogens with two attached hydrogens (primary N) is 1. The Bertz CT molecular complexity index is 652. The van der Waals surface area contributed by atoms with Crippen molar-refractivity contribution in [3.8, 4) is 0 Å². The summed E-state index contributed by atoms with van der Waals surface area (Å²) in [4.78, 5) is 34.7. The number of carboxylic acid groups (broad SMARTS) is 2. The zero-order valence-corrected chi connectivity index (χ0v) is 15.5. The van der Waals surface area contributed by atoms with Gasteiger partial charge in [0.1, 0.15) is 6.04 Å². The molecule has 7 heteroatoms. The first-order valence-corrected chi connectivity index (χ1v) is 8.56. The first-order chi connectivity index (χ1) is 12.0. The third-order valence-electron chi connectivity index (χ3n) is 3.95. The van der Waals surface area contributed by atoms with Gasteiger partial charge in [0.05, 0.1) is 12.5 Å². The Morgan fingerprint density at radius 1 is 1.19 bits per heavy atom. The van der Waals surface area contributed by atoms with E-state index < -0.39 is 24.0 Å². The molecule has 1 aromatic carbocycles. The van der Waals surface area contributed by atoms with E-state index >= 15 is 0 Å². The summed E-state index contributed by atoms with van der Waals surface area (Å²) in [7, 11) is 0. The molecule has 0 aliphatic carbocycles. The monoisotopic (exact) mass is 364 g/mol. The second kappa shape index (κ2) is 9.45. The molecule has 0 spiro atoms. The van der Waals surface area contributed by atoms with E-state index in [2.05, 4.69) is 26.1 Å². The molecule has 144 valence electrons. The number of hydrogen-bond acceptors (Lipinski definition) is 5. The lowest BCUT2D eigenvalue weighted by atomic mass is 9.92. The smallest absolute Gasteiger partial charge is 0.320 e. The normalized spacial score (nSPS) is 13.8. The van der Waals surface area contributed by atoms with Crippen LogP contribution in [0.15, 0.2) is 24.3 Å². The maximum atomic E-state index is 12.7. The minimum absolute atomic E-state index is 0.0662. The maximum Gasteiger partial charge on any atom is 0.320 e. The predicted molar refractivity (Wildman–Crippen MR) is 98.2 cm³/mol. The molecule has 0 amide bonds. The zero-order valence-electron chi connectivity index (χ0n) is 15.5. The van der Waals surface area contributed by atoms with Crippen LogP contribution in [0.3, 0.4) is 0 Å². The van der Waals surface area contributed by atoms with Crippen LogP contribution in [0, 0.1) is 5.41 Å². The Labute approximate surface area is 153 Å². The average Bonchev–Trinajstić information content (AvgIpc) is 2.51. The molecule has 0 aliphatic heterocycles. The number of rotatable bonds is 10. The third-order valence-corrected chi connectivity index (χ3v) is 3.95. The molecule has 7 nitrogen and oxygen atoms in total. The summed E-state index contributed by atoms with van der Waals surface area (Å²) >= 11 is 0. The number of carboxylic acids is 2. The van der Waals surface area contributed by atoms with Crippen molar-refractivity contribution in [2.45, 2.75) is 52.1 Å². The molecule has 2 atom stereocenters. The van der Waals surface area contributed by atoms with Gasteiger partial charge >= 0.3 is 11.9 Å². The van der Waals surface area contributed by atoms with Crippen LogP contribution in [0.4, 0.5) is 0 Å². The summed E-state index contributed by atoms with van der Waals surface area (Å²) in [6, 6.07) is 4.62. The predicted octanol–water partition coefficient (Wildman–Crippen LogP) is 1.69. The number of carbonyl (C=O) groups excluding carboxylic acids is 1. The molecule has 0 aliphatic rings. The lowest BCUT2D eigenvalue weighted by Gasteiger charge is -2.21. The van der Waals surface area contributed by atoms with Gasteiger partial charge in [-0.05, 0) is 36.4 Å². The fourth-order valence-electron chi connectivity index (χ4n) is 2.45. The van der Waals surface area contributed by atoms with Gasteiger partial charge in [-0.25, -0.2) is 0 Å². The Morgan fingerprint density at radius 3 is 2.38 bits per heavy atom. The minimum Gasteiger partial charge on any atom is -0.481 e. The Hall–Kier alpha value is -2.25. The lowest BCUT2D eigenvalue weighted by molar-refractivity contribution is -0.139. The van der Waals surface area contributed by atoms with Crippen LogP contribution in [0.25, 0.3) is 0 Å². The van der Waals surface area contributed by atoms with Crippen LogP contribution in [-0.4, -0.2) is 46.6 Å². The van der Waals surface area contributed by atoms with Gasteiger partial charge in [-0.2, -0.15) is 0 Å². The van der Waals surface area contributed by atoms with Crippen LogP contribution < -0.4 is 11.1 Å². The molecule has 0 bridgehead atoms. The molecule has 0 radical (unpaired) electrons. The topological polar surface area (TPSA) is 130 Å². The zero-order chi connectivity index (χ0) is 19.9. The van der Waals surface area contributed by atoms with Crippen molar-refractivity contribution in [3.05, 3.63) is 35.4 Å². The fraction of sp³-hybridized carbons (Fsp3) is 0.526. The van der Waals surface area contributed by atoms with Crippen molar-refractivity contribution < 1.29 is 24.6 Å². The number of hydrogen-bond donors (Lipinski definition) is 4. The van der Waals surface area contributed by atoms with Crippen molar-refractivity contribution in [2.24, 2.45) is 11.1 Å². The highest BCUT2D eigenvalue weighted by Gasteiger charge is 2.24. The molecule has 0 unspecified atom stereocenters. The van der Waals surface area contributed by atoms with E-state index in [1.807, 2.05) is 0 Å². The Balaban J connectivity index is 2.89. The molecular weight excluding hydrogens is 336 g/mol. The van der Waals surface area contributed by atoms with Crippen LogP contribution >= 0.6 is 0 Å². The molecule has 1 rings (SSSR count). The van der Waals surface area contributed by atoms with Gasteiger partial charge in [0.15, 0.2) is 5.78 Å². The third kappa shape index (κ3) is 7.76. The van der Waals surface area contributed by atoms with Crippen molar-refractivity contribution in [2.75, 3.05) is 6.54 Å². The minimum atomic E-state index is -1.12. The highest BCUT2D eigenvalue weighted by atomic mass is 16.4. The van der Waals surface area contributed by atoms with Gasteiger partial charge in [0.25, 0.3) is 0 Å². The van der Waals surface area contributed by atoms with Crippen molar-refractivity contribution in [1.82, 2.24) is 5.32 Å². The summed E-state index contributed by atoms with van der Waals surface area (Å²) in [5.41, 5.74) is 6.56. The highest BCUT2D eigenvalue weighted by Crippen LogP contribution is 2.18. The van der Waals surface area contributed by atoms with Crippen molar-refractivity contribution >= 4 is 17.7 Å². The standard InChI is InChI=1S/C19H28N2O5/c1-19(2,3)7-8-21-15(11-16(22)23)17(24)13-6-4-5-12(9-13)10-14(20)18(25)26/h4-6,9,14-15,21H,7-8,10-11,20H2,1-3H3,(H,22,23)(H,25,26)/t14-,15-/m0/s1. The van der Waals surface area contributed by atoms with E-state index in [1.165, 1.54) is 0 Å². The first-order valence-electron chi connectivity index (χ1n) is 8.56. The number of Topliss-reactive ketones (excluding diaryl/α,β-unsaturated/α-hetero) is 1. The molecule has 0 fully saturated rings. The molecule has 0 aromatic heterocycles. The summed E-state index contributed by atoms with van der Waals surface area (Å²) in [6.45, 7) is 6.73. The number of carbonyl (C=O) groups is 3. The first kappa shape index (κ1) is 21.8. The van der Waals surface area contributed by atoms with E-state index in [-0.39, 0.29) is 24.0 Å². The summed E-state index contributed by atoms with van der Waals surface area (Å²) in [5, 5.41) is 21.0. The summed E-state index contributed by atoms with van der Waals surface area (Å²) in [6.07, 6.45) is 0.573. The van der Waals surface area contributed by atoms with Gasteiger partial charge in [-0.15, -0.1) is 0 Å². The van der Waals surface area contributed by atoms with Gasteiger partial charge in [-0.1, -0.05) is 39.0 Å². The van der Waals surface area contributed by atoms with E-state index in [0.717, 1.165) is 6.42 Å². The Kier molecular flexibility index (Phi) is 7.92. The quantitative estimate of drug-likeness (QED) is 0.465. The highest BCUT2D eigenvalue weighted by molar-refractivity contribution is 6.01. The second-order valence-electron chi connectivity index (χ2n) is 7.63. The maximum absolute atomic E-state index is 12.7. The Morgan fingerprint density at radius 2 is 1.85 bits per heavy atom. The molecule has 0 saturated carbocycles. The van der Waals surface area contributed by atoms with Crippen LogP contribution in [0.1, 0.15) is 49.5 Å². The molecule has 0 heterocycles. The number of benzene rings is 1. The SMILES string of the molecule is CC(C)(C)CCN[C@@H](CC(=O)O)C(=O)c1cccc(C[C@H](N)C(=O)O)c1. The number of nitrogens with one attached hydrogen (secondary N) is 1. The van der Waals surface area contributed by atoms with E-state index in [9.17, 15) is 14.4 Å². The molecule has 26 heavy (non-hydrogen) atoms. The summed E-state index contributed by atoms with van der Waals surface area (Å²) < 4.78 is 0. The van der Waals surface area contributed by atoms with Crippen LogP contribution in [0.2, 0.25) is 0 Å². The van der Waals surface area contributed by atoms with Crippen LogP contribution in [-0.2, 0) is 16.0 Å². The van der Waals surface area contributed by atoms with Crippen molar-refractivity contribution in [3.63, 3.8) is 0 Å². The molecule has 5 N–H and O–H groups in total. The molecule has 1 aromatic rings. The lowest BCUT2D eigenvalue weighted by Crippen LogP contribution is -2.40. The van der Waals surface area contributed by atoms with E-state index in [0.29, 0.717) is 17.7 Å². The van der Waals surface area contributed by atoms with Gasteiger partial charge in [0.2, 0.25) is 0 Å². The molecular formula is C19H28N2O5. The average molecular weight is 364 g/mol. The van der Waals surface area contributed by atoms with E-state index in [4.69, 9.17) is 15.9 Å². The second-order valence-corrected chi connectivity index (χ2v) is 7.63. The van der Waals surface area contributed by atoms with Crippen molar-refractivity contribution in [1.29, 1.82) is 0 Å². The fourth-order valence-corrected chi connectivity index (χ4v) is 2.45. The molecule has 0 saturated heterocycles.